The summed E-state index contributed by atoms with van der Waals surface area (Å²) in [4.78, 5) is 7.08. The summed E-state index contributed by atoms with van der Waals surface area (Å²) in [5.74, 6) is 0.0327. The van der Waals surface area contributed by atoms with Crippen LogP contribution in [0.25, 0.3) is 0 Å². The molecule has 0 saturated heterocycles. The van der Waals surface area contributed by atoms with Gasteiger partial charge in [-0.15, -0.1) is 0 Å². The lowest BCUT2D eigenvalue weighted by atomic mass is 10.3. The van der Waals surface area contributed by atoms with E-state index in [1.165, 1.54) is 12.3 Å². The van der Waals surface area contributed by atoms with Gasteiger partial charge in [-0.1, -0.05) is 0 Å². The molecular formula is C12H9F3N2O2. The number of nitrogens with zero attached hydrogens (tertiary/aromatic N) is 2. The molecule has 1 N–H and O–H groups in total. The fraction of sp³-hybridized carbons (Fsp3) is 0.167. The molecule has 2 aromatic rings. The van der Waals surface area contributed by atoms with Crippen LogP contribution in [0.3, 0.4) is 0 Å². The van der Waals surface area contributed by atoms with Gasteiger partial charge >= 0.3 is 6.18 Å². The van der Waals surface area contributed by atoms with Gasteiger partial charge in [-0.25, -0.2) is 4.98 Å². The number of pyridine rings is 2. The Labute approximate surface area is 106 Å². The fourth-order valence-electron chi connectivity index (χ4n) is 1.35. The predicted molar refractivity (Wildman–Crippen MR) is 60.0 cm³/mol. The molecule has 0 aliphatic rings. The van der Waals surface area contributed by atoms with Crippen molar-refractivity contribution in [2.45, 2.75) is 13.1 Å². The monoisotopic (exact) mass is 270 g/mol. The first-order valence-corrected chi connectivity index (χ1v) is 5.23. The highest BCUT2D eigenvalue weighted by Gasteiger charge is 2.32. The second-order valence-electron chi connectivity index (χ2n) is 3.72. The largest absolute Gasteiger partial charge is 0.503 e. The minimum absolute atomic E-state index is 0.0916. The molecule has 0 unspecified atom stereocenters. The van der Waals surface area contributed by atoms with Crippen LogP contribution in [0.5, 0.6) is 17.2 Å². The molecule has 2 rings (SSSR count). The van der Waals surface area contributed by atoms with Crippen molar-refractivity contribution in [1.82, 2.24) is 9.97 Å². The van der Waals surface area contributed by atoms with E-state index in [0.717, 1.165) is 18.3 Å². The van der Waals surface area contributed by atoms with Gasteiger partial charge in [0.2, 0.25) is 0 Å². The Bertz CT molecular complexity index is 583. The number of hydrogen-bond acceptors (Lipinski definition) is 4. The minimum Gasteiger partial charge on any atom is -0.503 e. The Kier molecular flexibility index (Phi) is 3.28. The van der Waals surface area contributed by atoms with E-state index in [1.807, 2.05) is 0 Å². The van der Waals surface area contributed by atoms with Gasteiger partial charge in [-0.3, -0.25) is 4.98 Å². The van der Waals surface area contributed by atoms with E-state index in [1.54, 1.807) is 6.92 Å². The first kappa shape index (κ1) is 13.1. The SMILES string of the molecule is Cc1nccc(Oc2ccc(C(F)(F)F)nc2)c1O. The van der Waals surface area contributed by atoms with Gasteiger partial charge in [0.1, 0.15) is 11.4 Å². The van der Waals surface area contributed by atoms with Crippen molar-refractivity contribution in [3.63, 3.8) is 0 Å². The van der Waals surface area contributed by atoms with E-state index in [9.17, 15) is 18.3 Å². The molecule has 0 radical (unpaired) electrons. The maximum Gasteiger partial charge on any atom is 0.433 e. The van der Waals surface area contributed by atoms with Crippen molar-refractivity contribution < 1.29 is 23.0 Å². The molecular weight excluding hydrogens is 261 g/mol. The molecule has 0 fully saturated rings. The zero-order chi connectivity index (χ0) is 14.0. The fourth-order valence-corrected chi connectivity index (χ4v) is 1.35. The summed E-state index contributed by atoms with van der Waals surface area (Å²) in [6.45, 7) is 1.58. The predicted octanol–water partition coefficient (Wildman–Crippen LogP) is 3.30. The van der Waals surface area contributed by atoms with Crippen molar-refractivity contribution in [2.24, 2.45) is 0 Å². The van der Waals surface area contributed by atoms with E-state index in [-0.39, 0.29) is 17.2 Å². The van der Waals surface area contributed by atoms with Crippen molar-refractivity contribution in [2.75, 3.05) is 0 Å². The van der Waals surface area contributed by atoms with Gasteiger partial charge in [-0.2, -0.15) is 13.2 Å². The zero-order valence-electron chi connectivity index (χ0n) is 9.77. The molecule has 0 aromatic carbocycles. The first-order valence-electron chi connectivity index (χ1n) is 5.23. The van der Waals surface area contributed by atoms with Crippen LogP contribution in [0.4, 0.5) is 13.2 Å². The quantitative estimate of drug-likeness (QED) is 0.909. The third-order valence-electron chi connectivity index (χ3n) is 2.32. The Morgan fingerprint density at radius 1 is 1.16 bits per heavy atom. The number of alkyl halides is 3. The molecule has 19 heavy (non-hydrogen) atoms. The normalized spacial score (nSPS) is 11.4. The lowest BCUT2D eigenvalue weighted by molar-refractivity contribution is -0.141. The number of aryl methyl sites for hydroxylation is 1. The lowest BCUT2D eigenvalue weighted by Crippen LogP contribution is -2.07. The average Bonchev–Trinajstić information content (AvgIpc) is 2.35. The molecule has 0 amide bonds. The highest BCUT2D eigenvalue weighted by Crippen LogP contribution is 2.33. The molecule has 4 nitrogen and oxygen atoms in total. The summed E-state index contributed by atoms with van der Waals surface area (Å²) in [6, 6.07) is 3.34. The van der Waals surface area contributed by atoms with Gasteiger partial charge in [-0.05, 0) is 19.1 Å². The van der Waals surface area contributed by atoms with Gasteiger partial charge in [0, 0.05) is 12.3 Å². The van der Waals surface area contributed by atoms with E-state index >= 15 is 0 Å². The number of halogens is 3. The van der Waals surface area contributed by atoms with Crippen LogP contribution in [0.2, 0.25) is 0 Å². The number of rotatable bonds is 2. The van der Waals surface area contributed by atoms with Crippen LogP contribution in [0, 0.1) is 6.92 Å². The standard InChI is InChI=1S/C12H9F3N2O2/c1-7-11(18)9(4-5-16-7)19-8-2-3-10(17-6-8)12(13,14)15/h2-6,18H,1H3. The Hall–Kier alpha value is -2.31. The molecule has 2 aromatic heterocycles. The number of aromatic nitrogens is 2. The number of ether oxygens (including phenoxy) is 1. The summed E-state index contributed by atoms with van der Waals surface area (Å²) in [6.07, 6.45) is -2.13. The Morgan fingerprint density at radius 3 is 2.47 bits per heavy atom. The van der Waals surface area contributed by atoms with Gasteiger partial charge in [0.25, 0.3) is 0 Å². The molecule has 0 bridgehead atoms. The van der Waals surface area contributed by atoms with Crippen LogP contribution in [0.15, 0.2) is 30.6 Å². The summed E-state index contributed by atoms with van der Waals surface area (Å²) in [5, 5.41) is 9.65. The minimum atomic E-state index is -4.49. The summed E-state index contributed by atoms with van der Waals surface area (Å²) < 4.78 is 42.2. The molecule has 0 aliphatic carbocycles. The Balaban J connectivity index is 2.23. The summed E-state index contributed by atoms with van der Waals surface area (Å²) in [5.41, 5.74) is -0.646. The average molecular weight is 270 g/mol. The van der Waals surface area contributed by atoms with Crippen molar-refractivity contribution in [1.29, 1.82) is 0 Å². The maximum atomic E-state index is 12.3. The molecule has 0 aliphatic heterocycles. The second kappa shape index (κ2) is 4.75. The first-order chi connectivity index (χ1) is 8.88. The van der Waals surface area contributed by atoms with E-state index in [0.29, 0.717) is 5.69 Å². The summed E-state index contributed by atoms with van der Waals surface area (Å²) in [7, 11) is 0. The van der Waals surface area contributed by atoms with Crippen LogP contribution in [-0.2, 0) is 6.18 Å². The van der Waals surface area contributed by atoms with E-state index in [4.69, 9.17) is 4.74 Å². The van der Waals surface area contributed by atoms with Gasteiger partial charge < -0.3 is 9.84 Å². The van der Waals surface area contributed by atoms with Crippen molar-refractivity contribution >= 4 is 0 Å². The molecule has 100 valence electrons. The van der Waals surface area contributed by atoms with E-state index in [2.05, 4.69) is 9.97 Å². The Morgan fingerprint density at radius 2 is 1.89 bits per heavy atom. The van der Waals surface area contributed by atoms with Crippen molar-refractivity contribution in [3.8, 4) is 17.2 Å². The van der Waals surface area contributed by atoms with Crippen LogP contribution in [-0.4, -0.2) is 15.1 Å². The summed E-state index contributed by atoms with van der Waals surface area (Å²) >= 11 is 0. The second-order valence-corrected chi connectivity index (χ2v) is 3.72. The lowest BCUT2D eigenvalue weighted by Gasteiger charge is -2.09. The molecule has 7 heteroatoms. The van der Waals surface area contributed by atoms with Crippen LogP contribution >= 0.6 is 0 Å². The van der Waals surface area contributed by atoms with Crippen LogP contribution in [0.1, 0.15) is 11.4 Å². The molecule has 0 saturated carbocycles. The topological polar surface area (TPSA) is 55.2 Å². The smallest absolute Gasteiger partial charge is 0.433 e. The zero-order valence-corrected chi connectivity index (χ0v) is 9.77. The molecule has 0 spiro atoms. The third-order valence-corrected chi connectivity index (χ3v) is 2.32. The maximum absolute atomic E-state index is 12.3. The van der Waals surface area contributed by atoms with Gasteiger partial charge in [0.05, 0.1) is 11.9 Å². The third kappa shape index (κ3) is 2.93. The number of hydrogen-bond donors (Lipinski definition) is 1. The van der Waals surface area contributed by atoms with E-state index < -0.39 is 11.9 Å². The highest BCUT2D eigenvalue weighted by molar-refractivity contribution is 5.43. The van der Waals surface area contributed by atoms with Crippen molar-refractivity contribution in [3.05, 3.63) is 42.0 Å². The number of aromatic hydroxyl groups is 1. The van der Waals surface area contributed by atoms with Crippen LogP contribution < -0.4 is 4.74 Å². The highest BCUT2D eigenvalue weighted by atomic mass is 19.4. The van der Waals surface area contributed by atoms with Gasteiger partial charge in [0.15, 0.2) is 11.5 Å². The molecule has 2 heterocycles. The molecule has 0 atom stereocenters.